The van der Waals surface area contributed by atoms with Crippen LogP contribution in [0, 0.1) is 5.41 Å². The number of aliphatic hydroxyl groups is 2. The largest absolute Gasteiger partial charge is 0.390 e. The average molecular weight is 184 g/mol. The molecule has 1 rings (SSSR count). The Bertz CT molecular complexity index is 253. The monoisotopic (exact) mass is 184 g/mol. The summed E-state index contributed by atoms with van der Waals surface area (Å²) in [5, 5.41) is 19.2. The number of hydrogen-bond donors (Lipinski definition) is 2. The van der Waals surface area contributed by atoms with E-state index >= 15 is 0 Å². The molecule has 1 aliphatic rings. The lowest BCUT2D eigenvalue weighted by Crippen LogP contribution is -2.45. The topological polar surface area (TPSA) is 57.5 Å². The molecule has 0 amide bonds. The predicted molar refractivity (Wildman–Crippen MR) is 49.2 cm³/mol. The van der Waals surface area contributed by atoms with E-state index in [1.165, 1.54) is 0 Å². The number of carbonyl (C=O) groups excluding carboxylic acids is 1. The van der Waals surface area contributed by atoms with E-state index in [1.54, 1.807) is 13.8 Å². The Morgan fingerprint density at radius 1 is 1.46 bits per heavy atom. The van der Waals surface area contributed by atoms with Crippen molar-refractivity contribution in [2.45, 2.75) is 39.4 Å². The number of hydrogen-bond acceptors (Lipinski definition) is 3. The summed E-state index contributed by atoms with van der Waals surface area (Å²) >= 11 is 0. The lowest BCUT2D eigenvalue weighted by Gasteiger charge is -2.39. The van der Waals surface area contributed by atoms with Gasteiger partial charge in [0.2, 0.25) is 0 Å². The van der Waals surface area contributed by atoms with Gasteiger partial charge in [-0.15, -0.1) is 0 Å². The van der Waals surface area contributed by atoms with E-state index in [4.69, 9.17) is 0 Å². The van der Waals surface area contributed by atoms with Gasteiger partial charge in [-0.1, -0.05) is 19.4 Å². The molecule has 2 atom stereocenters. The maximum absolute atomic E-state index is 10.8. The van der Waals surface area contributed by atoms with Crippen molar-refractivity contribution in [2.75, 3.05) is 0 Å². The van der Waals surface area contributed by atoms with Crippen molar-refractivity contribution in [1.82, 2.24) is 0 Å². The quantitative estimate of drug-likeness (QED) is 0.588. The van der Waals surface area contributed by atoms with E-state index in [2.05, 4.69) is 0 Å². The summed E-state index contributed by atoms with van der Waals surface area (Å²) in [4.78, 5) is 10.8. The van der Waals surface area contributed by atoms with Gasteiger partial charge in [-0.05, 0) is 18.9 Å². The number of carbonyl (C=O) groups is 1. The first-order valence-corrected chi connectivity index (χ1v) is 4.42. The van der Waals surface area contributed by atoms with Crippen LogP contribution in [-0.4, -0.2) is 28.7 Å². The van der Waals surface area contributed by atoms with E-state index in [0.29, 0.717) is 12.0 Å². The molecule has 2 N–H and O–H groups in total. The van der Waals surface area contributed by atoms with Crippen LogP contribution in [0.25, 0.3) is 0 Å². The van der Waals surface area contributed by atoms with Gasteiger partial charge in [0.05, 0.1) is 12.2 Å². The highest BCUT2D eigenvalue weighted by Gasteiger charge is 2.41. The van der Waals surface area contributed by atoms with Crippen molar-refractivity contribution in [1.29, 1.82) is 0 Å². The SMILES string of the molecule is CC1=C(C=O)C(C)(C)[C@H](O)[C@@H](O)C1. The third-order valence-corrected chi connectivity index (χ3v) is 2.89. The van der Waals surface area contributed by atoms with Crippen molar-refractivity contribution in [3.63, 3.8) is 0 Å². The average Bonchev–Trinajstić information content (AvgIpc) is 2.01. The molecule has 1 aliphatic carbocycles. The second-order valence-electron chi connectivity index (χ2n) is 4.25. The van der Waals surface area contributed by atoms with Gasteiger partial charge in [0, 0.05) is 5.41 Å². The highest BCUT2D eigenvalue weighted by atomic mass is 16.3. The maximum atomic E-state index is 10.8. The molecule has 0 radical (unpaired) electrons. The Kier molecular flexibility index (Phi) is 2.59. The minimum atomic E-state index is -0.851. The third kappa shape index (κ3) is 1.54. The Labute approximate surface area is 78.1 Å². The van der Waals surface area contributed by atoms with Crippen molar-refractivity contribution in [2.24, 2.45) is 5.41 Å². The summed E-state index contributed by atoms with van der Waals surface area (Å²) < 4.78 is 0. The highest BCUT2D eigenvalue weighted by molar-refractivity contribution is 5.77. The molecule has 74 valence electrons. The Hall–Kier alpha value is -0.670. The van der Waals surface area contributed by atoms with Crippen LogP contribution < -0.4 is 0 Å². The lowest BCUT2D eigenvalue weighted by molar-refractivity contribution is -0.108. The molecular weight excluding hydrogens is 168 g/mol. The van der Waals surface area contributed by atoms with Crippen molar-refractivity contribution >= 4 is 6.29 Å². The summed E-state index contributed by atoms with van der Waals surface area (Å²) in [6.45, 7) is 5.36. The first-order chi connectivity index (χ1) is 5.91. The molecule has 0 unspecified atom stereocenters. The minimum absolute atomic E-state index is 0.388. The normalized spacial score (nSPS) is 33.3. The van der Waals surface area contributed by atoms with E-state index < -0.39 is 17.6 Å². The van der Waals surface area contributed by atoms with Gasteiger partial charge in [0.1, 0.15) is 6.29 Å². The molecule has 0 fully saturated rings. The number of aliphatic hydroxyl groups excluding tert-OH is 2. The van der Waals surface area contributed by atoms with Gasteiger partial charge >= 0.3 is 0 Å². The van der Waals surface area contributed by atoms with E-state index in [9.17, 15) is 15.0 Å². The van der Waals surface area contributed by atoms with Gasteiger partial charge in [-0.3, -0.25) is 4.79 Å². The molecule has 0 saturated heterocycles. The summed E-state index contributed by atoms with van der Waals surface area (Å²) in [6, 6.07) is 0. The molecule has 0 aromatic heterocycles. The van der Waals surface area contributed by atoms with Crippen LogP contribution in [0.2, 0.25) is 0 Å². The standard InChI is InChI=1S/C10H16O3/c1-6-4-8(12)9(13)10(2,3)7(6)5-11/h5,8-9,12-13H,4H2,1-3H3/t8-,9+/m0/s1. The Morgan fingerprint density at radius 2 is 2.00 bits per heavy atom. The summed E-state index contributed by atoms with van der Waals surface area (Å²) in [5.41, 5.74) is 0.854. The molecule has 0 bridgehead atoms. The van der Waals surface area contributed by atoms with Crippen LogP contribution in [0.15, 0.2) is 11.1 Å². The second-order valence-corrected chi connectivity index (χ2v) is 4.25. The van der Waals surface area contributed by atoms with Crippen LogP contribution >= 0.6 is 0 Å². The highest BCUT2D eigenvalue weighted by Crippen LogP contribution is 2.39. The first-order valence-electron chi connectivity index (χ1n) is 4.42. The lowest BCUT2D eigenvalue weighted by atomic mass is 9.70. The van der Waals surface area contributed by atoms with Crippen LogP contribution in [0.1, 0.15) is 27.2 Å². The predicted octanol–water partition coefficient (Wildman–Crippen LogP) is 0.653. The zero-order valence-electron chi connectivity index (χ0n) is 8.24. The summed E-state index contributed by atoms with van der Waals surface area (Å²) in [5.74, 6) is 0. The van der Waals surface area contributed by atoms with E-state index in [-0.39, 0.29) is 0 Å². The zero-order valence-corrected chi connectivity index (χ0v) is 8.24. The van der Waals surface area contributed by atoms with Crippen LogP contribution in [0.5, 0.6) is 0 Å². The summed E-state index contributed by atoms with van der Waals surface area (Å²) in [6.07, 6.45) is -0.432. The van der Waals surface area contributed by atoms with Gasteiger partial charge in [-0.25, -0.2) is 0 Å². The molecule has 3 nitrogen and oxygen atoms in total. The van der Waals surface area contributed by atoms with E-state index in [1.807, 2.05) is 6.92 Å². The zero-order chi connectivity index (χ0) is 10.2. The van der Waals surface area contributed by atoms with Gasteiger partial charge in [-0.2, -0.15) is 0 Å². The molecule has 0 aromatic rings. The molecule has 0 heterocycles. The molecule has 0 aliphatic heterocycles. The number of aldehydes is 1. The fraction of sp³-hybridized carbons (Fsp3) is 0.700. The van der Waals surface area contributed by atoms with Gasteiger partial charge < -0.3 is 10.2 Å². The van der Waals surface area contributed by atoms with Crippen molar-refractivity contribution in [3.8, 4) is 0 Å². The van der Waals surface area contributed by atoms with Gasteiger partial charge in [0.15, 0.2) is 0 Å². The van der Waals surface area contributed by atoms with Crippen LogP contribution in [0.4, 0.5) is 0 Å². The Balaban J connectivity index is 3.15. The number of rotatable bonds is 1. The molecule has 3 heteroatoms. The first kappa shape index (κ1) is 10.4. The maximum Gasteiger partial charge on any atom is 0.146 e. The van der Waals surface area contributed by atoms with Crippen LogP contribution in [-0.2, 0) is 4.79 Å². The smallest absolute Gasteiger partial charge is 0.146 e. The minimum Gasteiger partial charge on any atom is -0.390 e. The molecule has 0 spiro atoms. The van der Waals surface area contributed by atoms with Gasteiger partial charge in [0.25, 0.3) is 0 Å². The molecule has 0 saturated carbocycles. The van der Waals surface area contributed by atoms with Crippen LogP contribution in [0.3, 0.4) is 0 Å². The van der Waals surface area contributed by atoms with Crippen molar-refractivity contribution in [3.05, 3.63) is 11.1 Å². The molecular formula is C10H16O3. The Morgan fingerprint density at radius 3 is 2.46 bits per heavy atom. The summed E-state index contributed by atoms with van der Waals surface area (Å²) in [7, 11) is 0. The molecule has 0 aromatic carbocycles. The third-order valence-electron chi connectivity index (χ3n) is 2.89. The fourth-order valence-corrected chi connectivity index (χ4v) is 1.98. The fourth-order valence-electron chi connectivity index (χ4n) is 1.98. The molecule has 13 heavy (non-hydrogen) atoms. The second kappa shape index (κ2) is 3.24. The van der Waals surface area contributed by atoms with E-state index in [0.717, 1.165) is 11.9 Å². The van der Waals surface area contributed by atoms with Crippen molar-refractivity contribution < 1.29 is 15.0 Å².